The fourth-order valence-electron chi connectivity index (χ4n) is 3.98. The van der Waals surface area contributed by atoms with Crippen molar-refractivity contribution in [3.05, 3.63) is 64.8 Å². The van der Waals surface area contributed by atoms with Gasteiger partial charge in [-0.1, -0.05) is 51.5 Å². The van der Waals surface area contributed by atoms with Crippen molar-refractivity contribution in [3.8, 4) is 5.69 Å². The SMILES string of the molecule is Cc1nn(-c2ccccc2)c2nc(N3CCC[C@H](C(=O)Nc4cccc(Br)c4)C3)sc12. The zero-order valence-electron chi connectivity index (χ0n) is 17.1. The zero-order chi connectivity index (χ0) is 21.4. The van der Waals surface area contributed by atoms with Crippen molar-refractivity contribution >= 4 is 54.3 Å². The molecule has 0 saturated carbocycles. The number of nitrogens with zero attached hydrogens (tertiary/aromatic N) is 4. The second-order valence-corrected chi connectivity index (χ2v) is 9.66. The Hall–Kier alpha value is -2.71. The first-order valence-corrected chi connectivity index (χ1v) is 11.9. The fraction of sp³-hybridized carbons (Fsp3) is 0.261. The maximum atomic E-state index is 12.9. The number of carbonyl (C=O) groups is 1. The van der Waals surface area contributed by atoms with Gasteiger partial charge in [-0.05, 0) is 50.1 Å². The number of hydrogen-bond donors (Lipinski definition) is 1. The summed E-state index contributed by atoms with van der Waals surface area (Å²) in [7, 11) is 0. The number of piperidine rings is 1. The quantitative estimate of drug-likeness (QED) is 0.411. The molecule has 5 rings (SSSR count). The van der Waals surface area contributed by atoms with Crippen LogP contribution in [0.15, 0.2) is 59.1 Å². The minimum absolute atomic E-state index is 0.0635. The van der Waals surface area contributed by atoms with E-state index < -0.39 is 0 Å². The van der Waals surface area contributed by atoms with Crippen molar-refractivity contribution in [1.82, 2.24) is 14.8 Å². The molecule has 8 heteroatoms. The average molecular weight is 496 g/mol. The van der Waals surface area contributed by atoms with Gasteiger partial charge in [0.05, 0.1) is 22.0 Å². The molecule has 1 aliphatic heterocycles. The molecule has 158 valence electrons. The van der Waals surface area contributed by atoms with Crippen LogP contribution >= 0.6 is 27.3 Å². The van der Waals surface area contributed by atoms with E-state index in [1.165, 1.54) is 0 Å². The molecule has 4 aromatic rings. The molecule has 31 heavy (non-hydrogen) atoms. The van der Waals surface area contributed by atoms with Gasteiger partial charge in [-0.25, -0.2) is 4.68 Å². The molecule has 0 bridgehead atoms. The van der Waals surface area contributed by atoms with Crippen molar-refractivity contribution in [2.24, 2.45) is 5.92 Å². The molecular formula is C23H22BrN5OS. The van der Waals surface area contributed by atoms with E-state index in [1.54, 1.807) is 11.3 Å². The standard InChI is InChI=1S/C23H22BrN5OS/c1-15-20-21(29(27-15)19-10-3-2-4-11-19)26-23(31-20)28-12-6-7-16(14-28)22(30)25-18-9-5-8-17(24)13-18/h2-5,8-11,13,16H,6-7,12,14H2,1H3,(H,25,30)/t16-/m0/s1. The number of amides is 1. The number of hydrogen-bond acceptors (Lipinski definition) is 5. The van der Waals surface area contributed by atoms with Crippen LogP contribution in [0.5, 0.6) is 0 Å². The highest BCUT2D eigenvalue weighted by Crippen LogP contribution is 2.34. The Bertz CT molecular complexity index is 1240. The predicted octanol–water partition coefficient (Wildman–Crippen LogP) is 5.41. The van der Waals surface area contributed by atoms with E-state index in [1.807, 2.05) is 66.2 Å². The van der Waals surface area contributed by atoms with Crippen LogP contribution in [0.1, 0.15) is 18.5 Å². The Kier molecular flexibility index (Phi) is 5.50. The molecule has 1 amide bonds. The van der Waals surface area contributed by atoms with Crippen molar-refractivity contribution < 1.29 is 4.79 Å². The summed E-state index contributed by atoms with van der Waals surface area (Å²) in [5.74, 6) is 0.00187. The minimum Gasteiger partial charge on any atom is -0.347 e. The molecule has 1 aliphatic rings. The molecule has 1 fully saturated rings. The van der Waals surface area contributed by atoms with Crippen LogP contribution in [0, 0.1) is 12.8 Å². The summed E-state index contributed by atoms with van der Waals surface area (Å²) in [5.41, 5.74) is 3.67. The van der Waals surface area contributed by atoms with Crippen LogP contribution < -0.4 is 10.2 Å². The van der Waals surface area contributed by atoms with Crippen LogP contribution in [0.3, 0.4) is 0 Å². The molecule has 6 nitrogen and oxygen atoms in total. The summed E-state index contributed by atoms with van der Waals surface area (Å²) in [6, 6.07) is 17.8. The van der Waals surface area contributed by atoms with Crippen molar-refractivity contribution in [1.29, 1.82) is 0 Å². The molecular weight excluding hydrogens is 474 g/mol. The molecule has 3 heterocycles. The van der Waals surface area contributed by atoms with E-state index in [0.717, 1.165) is 56.4 Å². The summed E-state index contributed by atoms with van der Waals surface area (Å²) in [6.07, 6.45) is 1.86. The normalized spacial score (nSPS) is 16.6. The van der Waals surface area contributed by atoms with Crippen LogP contribution in [0.2, 0.25) is 0 Å². The highest BCUT2D eigenvalue weighted by Gasteiger charge is 2.28. The number of rotatable bonds is 4. The highest BCUT2D eigenvalue weighted by molar-refractivity contribution is 9.10. The van der Waals surface area contributed by atoms with Gasteiger partial charge >= 0.3 is 0 Å². The molecule has 1 saturated heterocycles. The van der Waals surface area contributed by atoms with Crippen molar-refractivity contribution in [2.45, 2.75) is 19.8 Å². The van der Waals surface area contributed by atoms with E-state index in [2.05, 4.69) is 31.2 Å². The number of carbonyl (C=O) groups excluding carboxylic acids is 1. The van der Waals surface area contributed by atoms with Gasteiger partial charge in [-0.3, -0.25) is 4.79 Å². The van der Waals surface area contributed by atoms with Gasteiger partial charge in [0, 0.05) is 23.2 Å². The summed E-state index contributed by atoms with van der Waals surface area (Å²) < 4.78 is 3.96. The average Bonchev–Trinajstić information content (AvgIpc) is 3.35. The number of para-hydroxylation sites is 1. The maximum absolute atomic E-state index is 12.9. The predicted molar refractivity (Wildman–Crippen MR) is 129 cm³/mol. The minimum atomic E-state index is -0.0635. The number of benzene rings is 2. The van der Waals surface area contributed by atoms with Crippen LogP contribution in [0.25, 0.3) is 16.0 Å². The van der Waals surface area contributed by atoms with E-state index in [0.29, 0.717) is 6.54 Å². The van der Waals surface area contributed by atoms with Gasteiger partial charge in [-0.15, -0.1) is 0 Å². The summed E-state index contributed by atoms with van der Waals surface area (Å²) in [5, 5.41) is 8.70. The number of aromatic nitrogens is 3. The number of anilines is 2. The second kappa shape index (κ2) is 8.43. The fourth-order valence-corrected chi connectivity index (χ4v) is 5.40. The molecule has 2 aromatic carbocycles. The molecule has 1 N–H and O–H groups in total. The van der Waals surface area contributed by atoms with Crippen molar-refractivity contribution in [2.75, 3.05) is 23.3 Å². The monoisotopic (exact) mass is 495 g/mol. The largest absolute Gasteiger partial charge is 0.347 e. The molecule has 1 atom stereocenters. The Morgan fingerprint density at radius 1 is 1.19 bits per heavy atom. The van der Waals surface area contributed by atoms with Gasteiger partial charge in [0.1, 0.15) is 0 Å². The van der Waals surface area contributed by atoms with Gasteiger partial charge in [0.25, 0.3) is 0 Å². The summed E-state index contributed by atoms with van der Waals surface area (Å²) in [6.45, 7) is 3.61. The first-order chi connectivity index (χ1) is 15.1. The number of fused-ring (bicyclic) bond motifs is 1. The summed E-state index contributed by atoms with van der Waals surface area (Å²) >= 11 is 5.12. The lowest BCUT2D eigenvalue weighted by atomic mass is 9.97. The van der Waals surface area contributed by atoms with Gasteiger partial charge in [-0.2, -0.15) is 10.1 Å². The Labute approximate surface area is 193 Å². The van der Waals surface area contributed by atoms with Crippen molar-refractivity contribution in [3.63, 3.8) is 0 Å². The number of aryl methyl sites for hydroxylation is 1. The zero-order valence-corrected chi connectivity index (χ0v) is 19.5. The molecule has 0 aliphatic carbocycles. The van der Waals surface area contributed by atoms with E-state index in [-0.39, 0.29) is 11.8 Å². The number of halogens is 1. The van der Waals surface area contributed by atoms with Crippen LogP contribution in [-0.2, 0) is 4.79 Å². The van der Waals surface area contributed by atoms with Gasteiger partial charge in [0.15, 0.2) is 10.8 Å². The molecule has 0 unspecified atom stereocenters. The summed E-state index contributed by atoms with van der Waals surface area (Å²) in [4.78, 5) is 20.1. The van der Waals surface area contributed by atoms with E-state index in [9.17, 15) is 4.79 Å². The smallest absolute Gasteiger partial charge is 0.229 e. The molecule has 0 radical (unpaired) electrons. The molecule has 2 aromatic heterocycles. The third-order valence-corrected chi connectivity index (χ3v) is 7.24. The van der Waals surface area contributed by atoms with Gasteiger partial charge in [0.2, 0.25) is 5.91 Å². The first-order valence-electron chi connectivity index (χ1n) is 10.3. The topological polar surface area (TPSA) is 63.1 Å². The van der Waals surface area contributed by atoms with Gasteiger partial charge < -0.3 is 10.2 Å². The van der Waals surface area contributed by atoms with E-state index in [4.69, 9.17) is 4.98 Å². The van der Waals surface area contributed by atoms with E-state index >= 15 is 0 Å². The second-order valence-electron chi connectivity index (χ2n) is 7.77. The first kappa shape index (κ1) is 20.2. The lowest BCUT2D eigenvalue weighted by Crippen LogP contribution is -2.40. The lowest BCUT2D eigenvalue weighted by Gasteiger charge is -2.31. The Morgan fingerprint density at radius 2 is 2.03 bits per heavy atom. The third-order valence-electron chi connectivity index (χ3n) is 5.53. The van der Waals surface area contributed by atoms with Crippen LogP contribution in [-0.4, -0.2) is 33.8 Å². The maximum Gasteiger partial charge on any atom is 0.229 e. The number of nitrogens with one attached hydrogen (secondary N) is 1. The Morgan fingerprint density at radius 3 is 2.84 bits per heavy atom. The number of thiazole rings is 1. The Balaban J connectivity index is 1.37. The third kappa shape index (κ3) is 4.09. The molecule has 0 spiro atoms. The van der Waals surface area contributed by atoms with Crippen LogP contribution in [0.4, 0.5) is 10.8 Å². The highest BCUT2D eigenvalue weighted by atomic mass is 79.9. The lowest BCUT2D eigenvalue weighted by molar-refractivity contribution is -0.120.